The van der Waals surface area contributed by atoms with Crippen LogP contribution in [0.25, 0.3) is 11.5 Å². The van der Waals surface area contributed by atoms with E-state index in [2.05, 4.69) is 4.98 Å². The molecule has 0 aliphatic rings. The highest BCUT2D eigenvalue weighted by molar-refractivity contribution is 6.01. The molecule has 0 saturated heterocycles. The molecule has 1 heterocycles. The number of ketones is 1. The molecule has 1 aromatic heterocycles. The van der Waals surface area contributed by atoms with Crippen LogP contribution in [0.1, 0.15) is 45.0 Å². The second-order valence-corrected chi connectivity index (χ2v) is 5.65. The zero-order valence-corrected chi connectivity index (χ0v) is 13.5. The summed E-state index contributed by atoms with van der Waals surface area (Å²) in [6, 6.07) is 16.2. The maximum absolute atomic E-state index is 12.7. The summed E-state index contributed by atoms with van der Waals surface area (Å²) in [5.74, 6) is 0.676. The van der Waals surface area contributed by atoms with Gasteiger partial charge < -0.3 is 4.42 Å². The lowest BCUT2D eigenvalue weighted by Gasteiger charge is -2.08. The fourth-order valence-electron chi connectivity index (χ4n) is 2.61. The van der Waals surface area contributed by atoms with Crippen molar-refractivity contribution < 1.29 is 14.0 Å². The first-order valence-electron chi connectivity index (χ1n) is 7.72. The van der Waals surface area contributed by atoms with E-state index in [-0.39, 0.29) is 5.78 Å². The van der Waals surface area contributed by atoms with E-state index >= 15 is 0 Å². The minimum absolute atomic E-state index is 0.0524. The van der Waals surface area contributed by atoms with Crippen LogP contribution in [0.3, 0.4) is 0 Å². The number of aromatic nitrogens is 1. The zero-order valence-electron chi connectivity index (χ0n) is 13.5. The number of carbonyl (C=O) groups is 2. The largest absolute Gasteiger partial charge is 0.441 e. The van der Waals surface area contributed by atoms with Crippen molar-refractivity contribution >= 4 is 12.1 Å². The topological polar surface area (TPSA) is 60.2 Å². The first-order valence-corrected chi connectivity index (χ1v) is 7.72. The standard InChI is InChI=1S/C20H17NO3/c1-13(19(23)16-10-8-15(12-22)9-11-16)18-14(2)24-20(21-18)17-6-4-3-5-7-17/h3-13H,1-2H3. The maximum Gasteiger partial charge on any atom is 0.226 e. The molecule has 3 rings (SSSR count). The summed E-state index contributed by atoms with van der Waals surface area (Å²) >= 11 is 0. The van der Waals surface area contributed by atoms with Gasteiger partial charge in [-0.15, -0.1) is 0 Å². The fraction of sp³-hybridized carbons (Fsp3) is 0.150. The number of rotatable bonds is 5. The second kappa shape index (κ2) is 6.62. The Labute approximate surface area is 140 Å². The normalized spacial score (nSPS) is 11.9. The number of benzene rings is 2. The Bertz CT molecular complexity index is 864. The third kappa shape index (κ3) is 3.04. The number of carbonyl (C=O) groups excluding carboxylic acids is 2. The molecular formula is C20H17NO3. The van der Waals surface area contributed by atoms with Crippen LogP contribution in [0.5, 0.6) is 0 Å². The molecular weight excluding hydrogens is 302 g/mol. The molecule has 0 aliphatic carbocycles. The molecule has 24 heavy (non-hydrogen) atoms. The molecule has 0 amide bonds. The van der Waals surface area contributed by atoms with Crippen LogP contribution in [-0.2, 0) is 0 Å². The van der Waals surface area contributed by atoms with Gasteiger partial charge in [-0.3, -0.25) is 9.59 Å². The summed E-state index contributed by atoms with van der Waals surface area (Å²) in [6.07, 6.45) is 0.756. The molecule has 0 bridgehead atoms. The lowest BCUT2D eigenvalue weighted by molar-refractivity contribution is 0.0963. The number of aldehydes is 1. The average Bonchev–Trinajstić information content (AvgIpc) is 3.03. The van der Waals surface area contributed by atoms with Crippen molar-refractivity contribution in [1.29, 1.82) is 0 Å². The van der Waals surface area contributed by atoms with Gasteiger partial charge in [-0.1, -0.05) is 42.5 Å². The molecule has 1 atom stereocenters. The zero-order chi connectivity index (χ0) is 17.1. The third-order valence-corrected chi connectivity index (χ3v) is 3.99. The molecule has 0 radical (unpaired) electrons. The molecule has 120 valence electrons. The van der Waals surface area contributed by atoms with E-state index in [0.29, 0.717) is 28.5 Å². The Balaban J connectivity index is 1.89. The molecule has 2 aromatic carbocycles. The quantitative estimate of drug-likeness (QED) is 0.515. The van der Waals surface area contributed by atoms with Gasteiger partial charge in [0.1, 0.15) is 12.0 Å². The molecule has 3 aromatic rings. The van der Waals surface area contributed by atoms with E-state index in [1.54, 1.807) is 24.3 Å². The number of hydrogen-bond donors (Lipinski definition) is 0. The Morgan fingerprint density at radius 2 is 1.75 bits per heavy atom. The number of nitrogens with zero attached hydrogens (tertiary/aromatic N) is 1. The van der Waals surface area contributed by atoms with E-state index < -0.39 is 5.92 Å². The van der Waals surface area contributed by atoms with Crippen LogP contribution >= 0.6 is 0 Å². The van der Waals surface area contributed by atoms with Gasteiger partial charge in [-0.05, 0) is 26.0 Å². The summed E-state index contributed by atoms with van der Waals surface area (Å²) in [4.78, 5) is 27.9. The predicted molar refractivity (Wildman–Crippen MR) is 91.3 cm³/mol. The lowest BCUT2D eigenvalue weighted by atomic mass is 9.95. The summed E-state index contributed by atoms with van der Waals surface area (Å²) < 4.78 is 5.73. The average molecular weight is 319 g/mol. The van der Waals surface area contributed by atoms with Crippen molar-refractivity contribution in [2.24, 2.45) is 0 Å². The highest BCUT2D eigenvalue weighted by Crippen LogP contribution is 2.28. The number of aryl methyl sites for hydroxylation is 1. The van der Waals surface area contributed by atoms with Gasteiger partial charge in [0.05, 0.1) is 11.6 Å². The van der Waals surface area contributed by atoms with Crippen molar-refractivity contribution in [1.82, 2.24) is 4.98 Å². The smallest absolute Gasteiger partial charge is 0.226 e. The monoisotopic (exact) mass is 319 g/mol. The van der Waals surface area contributed by atoms with Crippen molar-refractivity contribution in [2.75, 3.05) is 0 Å². The summed E-state index contributed by atoms with van der Waals surface area (Å²) in [7, 11) is 0. The van der Waals surface area contributed by atoms with Gasteiger partial charge >= 0.3 is 0 Å². The van der Waals surface area contributed by atoms with E-state index in [4.69, 9.17) is 4.42 Å². The summed E-state index contributed by atoms with van der Waals surface area (Å²) in [5.41, 5.74) is 2.61. The van der Waals surface area contributed by atoms with Crippen LogP contribution in [-0.4, -0.2) is 17.1 Å². The summed E-state index contributed by atoms with van der Waals surface area (Å²) in [6.45, 7) is 3.63. The van der Waals surface area contributed by atoms with Gasteiger partial charge in [-0.25, -0.2) is 4.98 Å². The van der Waals surface area contributed by atoms with Gasteiger partial charge in [0.25, 0.3) is 0 Å². The fourth-order valence-corrected chi connectivity index (χ4v) is 2.61. The van der Waals surface area contributed by atoms with Crippen LogP contribution < -0.4 is 0 Å². The number of Topliss-reactive ketones (excluding diaryl/α,β-unsaturated/α-hetero) is 1. The third-order valence-electron chi connectivity index (χ3n) is 3.99. The molecule has 4 heteroatoms. The molecule has 1 unspecified atom stereocenters. The highest BCUT2D eigenvalue weighted by Gasteiger charge is 2.24. The molecule has 0 aliphatic heterocycles. The van der Waals surface area contributed by atoms with E-state index in [1.165, 1.54) is 0 Å². The molecule has 0 fully saturated rings. The highest BCUT2D eigenvalue weighted by atomic mass is 16.4. The number of hydrogen-bond acceptors (Lipinski definition) is 4. The van der Waals surface area contributed by atoms with Crippen molar-refractivity contribution in [3.8, 4) is 11.5 Å². The first kappa shape index (κ1) is 15.9. The van der Waals surface area contributed by atoms with Crippen molar-refractivity contribution in [3.05, 3.63) is 77.2 Å². The van der Waals surface area contributed by atoms with E-state index in [9.17, 15) is 9.59 Å². The van der Waals surface area contributed by atoms with Gasteiger partial charge in [0.15, 0.2) is 5.78 Å². The maximum atomic E-state index is 12.7. The Morgan fingerprint density at radius 3 is 2.38 bits per heavy atom. The van der Waals surface area contributed by atoms with Crippen molar-refractivity contribution in [3.63, 3.8) is 0 Å². The van der Waals surface area contributed by atoms with Crippen LogP contribution in [0, 0.1) is 6.92 Å². The van der Waals surface area contributed by atoms with Crippen LogP contribution in [0.15, 0.2) is 59.0 Å². The summed E-state index contributed by atoms with van der Waals surface area (Å²) in [5, 5.41) is 0. The Kier molecular flexibility index (Phi) is 4.38. The van der Waals surface area contributed by atoms with Crippen LogP contribution in [0.2, 0.25) is 0 Å². The molecule has 0 spiro atoms. The van der Waals surface area contributed by atoms with Crippen LogP contribution in [0.4, 0.5) is 0 Å². The van der Waals surface area contributed by atoms with Crippen molar-refractivity contribution in [2.45, 2.75) is 19.8 Å². The second-order valence-electron chi connectivity index (χ2n) is 5.65. The number of oxazole rings is 1. The van der Waals surface area contributed by atoms with E-state index in [1.807, 2.05) is 44.2 Å². The van der Waals surface area contributed by atoms with E-state index in [0.717, 1.165) is 11.8 Å². The first-order chi connectivity index (χ1) is 11.6. The SMILES string of the molecule is Cc1oc(-c2ccccc2)nc1C(C)C(=O)c1ccc(C=O)cc1. The van der Waals surface area contributed by atoms with Gasteiger partial charge in [0, 0.05) is 16.7 Å². The lowest BCUT2D eigenvalue weighted by Crippen LogP contribution is -2.11. The minimum Gasteiger partial charge on any atom is -0.441 e. The van der Waals surface area contributed by atoms with Gasteiger partial charge in [-0.2, -0.15) is 0 Å². The Hall–Kier alpha value is -3.01. The Morgan fingerprint density at radius 1 is 1.08 bits per heavy atom. The predicted octanol–water partition coefficient (Wildman–Crippen LogP) is 4.45. The molecule has 0 N–H and O–H groups in total. The molecule has 0 saturated carbocycles. The molecule has 4 nitrogen and oxygen atoms in total. The minimum atomic E-state index is -0.423. The van der Waals surface area contributed by atoms with Gasteiger partial charge in [0.2, 0.25) is 5.89 Å².